The molecule has 1 aromatic carbocycles. The fraction of sp³-hybridized carbons (Fsp3) is 0.474. The van der Waals surface area contributed by atoms with Crippen molar-refractivity contribution in [1.82, 2.24) is 4.98 Å². The smallest absolute Gasteiger partial charge is 0.257 e. The Hall–Kier alpha value is -1.28. The van der Waals surface area contributed by atoms with Crippen molar-refractivity contribution in [3.63, 3.8) is 0 Å². The third-order valence-corrected chi connectivity index (χ3v) is 6.14. The van der Waals surface area contributed by atoms with E-state index in [2.05, 4.69) is 15.9 Å². The zero-order valence-electron chi connectivity index (χ0n) is 14.4. The SMILES string of the molecule is O=C(C1CCCO1)N(CC1CCCO1)c1nc(-c2ccc(Br)cc2)cs1. The van der Waals surface area contributed by atoms with Crippen LogP contribution in [0.4, 0.5) is 5.13 Å². The van der Waals surface area contributed by atoms with Crippen molar-refractivity contribution in [2.24, 2.45) is 0 Å². The quantitative estimate of drug-likeness (QED) is 0.702. The number of carbonyl (C=O) groups excluding carboxylic acids is 1. The molecule has 0 aliphatic carbocycles. The molecule has 0 bridgehead atoms. The standard InChI is InChI=1S/C19H21BrN2O3S/c20-14-7-5-13(6-8-14)16-12-26-19(21-16)22(11-15-3-1-9-24-15)18(23)17-4-2-10-25-17/h5-8,12,15,17H,1-4,9-11H2. The number of aromatic nitrogens is 1. The van der Waals surface area contributed by atoms with E-state index in [0.29, 0.717) is 13.2 Å². The number of ether oxygens (including phenoxy) is 2. The molecule has 3 heterocycles. The van der Waals surface area contributed by atoms with Crippen molar-refractivity contribution >= 4 is 38.3 Å². The van der Waals surface area contributed by atoms with E-state index in [4.69, 9.17) is 14.5 Å². The van der Waals surface area contributed by atoms with Crippen molar-refractivity contribution in [1.29, 1.82) is 0 Å². The van der Waals surface area contributed by atoms with Crippen molar-refractivity contribution < 1.29 is 14.3 Å². The largest absolute Gasteiger partial charge is 0.376 e. The Balaban J connectivity index is 1.58. The summed E-state index contributed by atoms with van der Waals surface area (Å²) in [6.45, 7) is 1.98. The summed E-state index contributed by atoms with van der Waals surface area (Å²) in [6, 6.07) is 8.04. The van der Waals surface area contributed by atoms with E-state index in [1.54, 1.807) is 4.90 Å². The van der Waals surface area contributed by atoms with Crippen LogP contribution in [-0.4, -0.2) is 42.9 Å². The number of halogens is 1. The van der Waals surface area contributed by atoms with Gasteiger partial charge in [-0.2, -0.15) is 0 Å². The van der Waals surface area contributed by atoms with Crippen LogP contribution in [0.5, 0.6) is 0 Å². The number of carbonyl (C=O) groups is 1. The molecule has 2 atom stereocenters. The van der Waals surface area contributed by atoms with Gasteiger partial charge in [0.15, 0.2) is 5.13 Å². The van der Waals surface area contributed by atoms with E-state index < -0.39 is 0 Å². The summed E-state index contributed by atoms with van der Waals surface area (Å²) >= 11 is 4.95. The van der Waals surface area contributed by atoms with Crippen molar-refractivity contribution in [2.45, 2.75) is 37.9 Å². The zero-order valence-corrected chi connectivity index (χ0v) is 16.8. The number of benzene rings is 1. The minimum absolute atomic E-state index is 0.00899. The normalized spacial score (nSPS) is 22.7. The first kappa shape index (κ1) is 18.1. The Morgan fingerprint density at radius 2 is 1.96 bits per heavy atom. The summed E-state index contributed by atoms with van der Waals surface area (Å²) in [6.07, 6.45) is 3.49. The van der Waals surface area contributed by atoms with E-state index in [1.807, 2.05) is 29.6 Å². The van der Waals surface area contributed by atoms with E-state index in [0.717, 1.165) is 53.2 Å². The van der Waals surface area contributed by atoms with Gasteiger partial charge in [0.2, 0.25) is 0 Å². The van der Waals surface area contributed by atoms with Gasteiger partial charge in [-0.3, -0.25) is 9.69 Å². The van der Waals surface area contributed by atoms with Gasteiger partial charge in [0.05, 0.1) is 18.3 Å². The van der Waals surface area contributed by atoms with Crippen molar-refractivity contribution in [3.05, 3.63) is 34.1 Å². The molecular weight excluding hydrogens is 416 g/mol. The Morgan fingerprint density at radius 3 is 2.65 bits per heavy atom. The summed E-state index contributed by atoms with van der Waals surface area (Å²) in [5.41, 5.74) is 1.92. The second-order valence-electron chi connectivity index (χ2n) is 6.61. The van der Waals surface area contributed by atoms with Gasteiger partial charge in [0.1, 0.15) is 6.10 Å². The van der Waals surface area contributed by atoms with Crippen LogP contribution in [0.2, 0.25) is 0 Å². The van der Waals surface area contributed by atoms with Crippen LogP contribution in [0.3, 0.4) is 0 Å². The van der Waals surface area contributed by atoms with Gasteiger partial charge in [0, 0.05) is 28.6 Å². The maximum atomic E-state index is 13.0. The number of amides is 1. The lowest BCUT2D eigenvalue weighted by atomic mass is 10.2. The first-order valence-electron chi connectivity index (χ1n) is 8.97. The fourth-order valence-electron chi connectivity index (χ4n) is 3.34. The van der Waals surface area contributed by atoms with Gasteiger partial charge < -0.3 is 9.47 Å². The van der Waals surface area contributed by atoms with Gasteiger partial charge in [-0.05, 0) is 37.8 Å². The van der Waals surface area contributed by atoms with Crippen LogP contribution in [-0.2, 0) is 14.3 Å². The molecule has 2 aliphatic rings. The highest BCUT2D eigenvalue weighted by atomic mass is 79.9. The summed E-state index contributed by atoms with van der Waals surface area (Å²) < 4.78 is 12.4. The minimum atomic E-state index is -0.351. The predicted octanol–water partition coefficient (Wildman–Crippen LogP) is 4.26. The molecule has 2 aromatic rings. The lowest BCUT2D eigenvalue weighted by molar-refractivity contribution is -0.127. The molecular formula is C19H21BrN2O3S. The van der Waals surface area contributed by atoms with Crippen LogP contribution >= 0.6 is 27.3 Å². The highest BCUT2D eigenvalue weighted by Crippen LogP contribution is 2.30. The van der Waals surface area contributed by atoms with Gasteiger partial charge >= 0.3 is 0 Å². The molecule has 7 heteroatoms. The second kappa shape index (κ2) is 8.17. The number of hydrogen-bond donors (Lipinski definition) is 0. The third-order valence-electron chi connectivity index (χ3n) is 4.74. The molecule has 2 unspecified atom stereocenters. The van der Waals surface area contributed by atoms with Gasteiger partial charge in [-0.15, -0.1) is 11.3 Å². The summed E-state index contributed by atoms with van der Waals surface area (Å²) in [7, 11) is 0. The molecule has 2 saturated heterocycles. The second-order valence-corrected chi connectivity index (χ2v) is 8.36. The van der Waals surface area contributed by atoms with Crippen LogP contribution in [0.25, 0.3) is 11.3 Å². The molecule has 2 aliphatic heterocycles. The van der Waals surface area contributed by atoms with E-state index in [1.165, 1.54) is 11.3 Å². The fourth-order valence-corrected chi connectivity index (χ4v) is 4.45. The third kappa shape index (κ3) is 4.01. The van der Waals surface area contributed by atoms with Crippen LogP contribution in [0, 0.1) is 0 Å². The van der Waals surface area contributed by atoms with Crippen LogP contribution in [0.1, 0.15) is 25.7 Å². The van der Waals surface area contributed by atoms with Gasteiger partial charge in [0.25, 0.3) is 5.91 Å². The average molecular weight is 437 g/mol. The molecule has 1 amide bonds. The predicted molar refractivity (Wildman–Crippen MR) is 106 cm³/mol. The Morgan fingerprint density at radius 1 is 1.19 bits per heavy atom. The maximum absolute atomic E-state index is 13.0. The molecule has 0 saturated carbocycles. The van der Waals surface area contributed by atoms with Crippen LogP contribution in [0.15, 0.2) is 34.1 Å². The molecule has 0 spiro atoms. The van der Waals surface area contributed by atoms with Crippen LogP contribution < -0.4 is 4.90 Å². The van der Waals surface area contributed by atoms with Gasteiger partial charge in [-0.25, -0.2) is 4.98 Å². The van der Waals surface area contributed by atoms with E-state index >= 15 is 0 Å². The molecule has 0 N–H and O–H groups in total. The van der Waals surface area contributed by atoms with Crippen molar-refractivity contribution in [3.8, 4) is 11.3 Å². The molecule has 2 fully saturated rings. The summed E-state index contributed by atoms with van der Waals surface area (Å²) in [5, 5.41) is 2.73. The first-order chi connectivity index (χ1) is 12.7. The molecule has 0 radical (unpaired) electrons. The average Bonchev–Trinajstić information content (AvgIpc) is 3.42. The minimum Gasteiger partial charge on any atom is -0.376 e. The number of nitrogens with zero attached hydrogens (tertiary/aromatic N) is 2. The van der Waals surface area contributed by atoms with E-state index in [9.17, 15) is 4.79 Å². The number of anilines is 1. The first-order valence-corrected chi connectivity index (χ1v) is 10.6. The Kier molecular flexibility index (Phi) is 5.69. The number of rotatable bonds is 5. The van der Waals surface area contributed by atoms with Crippen molar-refractivity contribution in [2.75, 3.05) is 24.7 Å². The summed E-state index contributed by atoms with van der Waals surface area (Å²) in [4.78, 5) is 19.5. The highest BCUT2D eigenvalue weighted by Gasteiger charge is 2.33. The monoisotopic (exact) mass is 436 g/mol. The Bertz CT molecular complexity index is 752. The maximum Gasteiger partial charge on any atom is 0.257 e. The molecule has 1 aromatic heterocycles. The zero-order chi connectivity index (χ0) is 17.9. The van der Waals surface area contributed by atoms with Gasteiger partial charge in [-0.1, -0.05) is 28.1 Å². The molecule has 26 heavy (non-hydrogen) atoms. The van der Waals surface area contributed by atoms with E-state index in [-0.39, 0.29) is 18.1 Å². The lowest BCUT2D eigenvalue weighted by Gasteiger charge is -2.25. The number of hydrogen-bond acceptors (Lipinski definition) is 5. The molecule has 5 nitrogen and oxygen atoms in total. The lowest BCUT2D eigenvalue weighted by Crippen LogP contribution is -2.43. The summed E-state index contributed by atoms with van der Waals surface area (Å²) in [5.74, 6) is 0.00899. The highest BCUT2D eigenvalue weighted by molar-refractivity contribution is 9.10. The molecule has 4 rings (SSSR count). The number of thiazole rings is 1. The Labute approximate surface area is 165 Å². The molecule has 138 valence electrons. The topological polar surface area (TPSA) is 51.7 Å².